The highest BCUT2D eigenvalue weighted by Crippen LogP contribution is 2.41. The van der Waals surface area contributed by atoms with Gasteiger partial charge in [0.15, 0.2) is 28.6 Å². The van der Waals surface area contributed by atoms with Crippen LogP contribution >= 0.6 is 0 Å². The summed E-state index contributed by atoms with van der Waals surface area (Å²) < 4.78 is 13.1. The average molecular weight is 769 g/mol. The summed E-state index contributed by atoms with van der Waals surface area (Å²) in [6.07, 6.45) is 0. The lowest BCUT2D eigenvalue weighted by Gasteiger charge is -2.13. The first kappa shape index (κ1) is 33.9. The van der Waals surface area contributed by atoms with Crippen LogP contribution in [-0.2, 0) is 0 Å². The van der Waals surface area contributed by atoms with E-state index in [0.717, 1.165) is 87.9 Å². The number of furan rings is 1. The van der Waals surface area contributed by atoms with Crippen molar-refractivity contribution in [3.8, 4) is 67.9 Å². The topological polar surface area (TPSA) is 77.8 Å². The van der Waals surface area contributed by atoms with E-state index in [2.05, 4.69) is 109 Å². The lowest BCUT2D eigenvalue weighted by molar-refractivity contribution is 0.604. The lowest BCUT2D eigenvalue weighted by Crippen LogP contribution is -2.00. The molecule has 0 aliphatic rings. The third-order valence-corrected chi connectivity index (χ3v) is 11.4. The van der Waals surface area contributed by atoms with Crippen molar-refractivity contribution in [2.75, 3.05) is 0 Å². The minimum absolute atomic E-state index is 0.580. The van der Waals surface area contributed by atoms with E-state index in [1.165, 1.54) is 0 Å². The van der Waals surface area contributed by atoms with Crippen molar-refractivity contribution in [1.29, 1.82) is 0 Å². The zero-order chi connectivity index (χ0) is 39.6. The van der Waals surface area contributed by atoms with Crippen molar-refractivity contribution < 1.29 is 8.83 Å². The predicted molar refractivity (Wildman–Crippen MR) is 242 cm³/mol. The number of rotatable bonds is 6. The van der Waals surface area contributed by atoms with Gasteiger partial charge in [0.05, 0.1) is 0 Å². The molecule has 0 saturated heterocycles. The number of nitrogens with zero attached hydrogens (tertiary/aromatic N) is 4. The van der Waals surface area contributed by atoms with Crippen LogP contribution in [0.2, 0.25) is 0 Å². The van der Waals surface area contributed by atoms with Crippen molar-refractivity contribution in [1.82, 2.24) is 19.9 Å². The molecule has 0 unspecified atom stereocenters. The number of benzene rings is 9. The maximum Gasteiger partial charge on any atom is 0.228 e. The number of hydrogen-bond donors (Lipinski definition) is 0. The number of hydrogen-bond acceptors (Lipinski definition) is 6. The van der Waals surface area contributed by atoms with Gasteiger partial charge in [-0.25, -0.2) is 19.9 Å². The van der Waals surface area contributed by atoms with Gasteiger partial charge in [-0.05, 0) is 74.1 Å². The quantitative estimate of drug-likeness (QED) is 0.168. The van der Waals surface area contributed by atoms with Crippen LogP contribution in [-0.4, -0.2) is 19.9 Å². The van der Waals surface area contributed by atoms with E-state index in [4.69, 9.17) is 28.8 Å². The maximum atomic E-state index is 6.63. The SMILES string of the molecule is c1ccc(-c2nc(-c3ccccc3)nc(-c3ccc(-c4ccc(-c5ccc6c(c5)oc5c6ccc6nc(-c7cccc8ccccc78)oc65)c5ccccc45)cc3)n2)cc1. The molecule has 0 amide bonds. The van der Waals surface area contributed by atoms with Crippen LogP contribution in [0.4, 0.5) is 0 Å². The molecule has 6 nitrogen and oxygen atoms in total. The minimum atomic E-state index is 0.580. The monoisotopic (exact) mass is 768 g/mol. The second-order valence-electron chi connectivity index (χ2n) is 15.0. The molecule has 0 radical (unpaired) electrons. The molecule has 0 saturated carbocycles. The van der Waals surface area contributed by atoms with Gasteiger partial charge in [0, 0.05) is 33.0 Å². The molecule has 3 heterocycles. The summed E-state index contributed by atoms with van der Waals surface area (Å²) in [6.45, 7) is 0. The molecule has 0 N–H and O–H groups in total. The molecule has 0 fully saturated rings. The van der Waals surface area contributed by atoms with Crippen LogP contribution in [0.1, 0.15) is 0 Å². The molecule has 0 spiro atoms. The Morgan fingerprint density at radius 1 is 0.300 bits per heavy atom. The number of fused-ring (bicyclic) bond motifs is 7. The summed E-state index contributed by atoms with van der Waals surface area (Å²) in [4.78, 5) is 19.6. The van der Waals surface area contributed by atoms with Crippen molar-refractivity contribution >= 4 is 54.6 Å². The smallest absolute Gasteiger partial charge is 0.228 e. The van der Waals surface area contributed by atoms with Crippen LogP contribution in [0.3, 0.4) is 0 Å². The third-order valence-electron chi connectivity index (χ3n) is 11.4. The fourth-order valence-electron chi connectivity index (χ4n) is 8.45. The average Bonchev–Trinajstić information content (AvgIpc) is 3.93. The Morgan fingerprint density at radius 3 is 1.52 bits per heavy atom. The van der Waals surface area contributed by atoms with Crippen molar-refractivity contribution in [2.45, 2.75) is 0 Å². The van der Waals surface area contributed by atoms with Gasteiger partial charge in [0.25, 0.3) is 0 Å². The van der Waals surface area contributed by atoms with Crippen LogP contribution in [0.5, 0.6) is 0 Å². The second-order valence-corrected chi connectivity index (χ2v) is 15.0. The van der Waals surface area contributed by atoms with Crippen LogP contribution in [0.25, 0.3) is 122 Å². The third kappa shape index (κ3) is 5.65. The van der Waals surface area contributed by atoms with Crippen molar-refractivity contribution in [3.05, 3.63) is 194 Å². The largest absolute Gasteiger partial charge is 0.452 e. The predicted octanol–water partition coefficient (Wildman–Crippen LogP) is 14.2. The van der Waals surface area contributed by atoms with E-state index in [9.17, 15) is 0 Å². The maximum absolute atomic E-state index is 6.63. The van der Waals surface area contributed by atoms with Crippen LogP contribution in [0.15, 0.2) is 203 Å². The first-order valence-electron chi connectivity index (χ1n) is 20.0. The van der Waals surface area contributed by atoms with Crippen molar-refractivity contribution in [2.24, 2.45) is 0 Å². The van der Waals surface area contributed by atoms with Gasteiger partial charge in [-0.3, -0.25) is 0 Å². The highest BCUT2D eigenvalue weighted by atomic mass is 16.4. The normalized spacial score (nSPS) is 11.7. The van der Waals surface area contributed by atoms with Crippen LogP contribution < -0.4 is 0 Å². The summed E-state index contributed by atoms with van der Waals surface area (Å²) >= 11 is 0. The molecule has 0 bridgehead atoms. The highest BCUT2D eigenvalue weighted by molar-refractivity contribution is 6.14. The Balaban J connectivity index is 0.909. The first-order chi connectivity index (χ1) is 29.7. The highest BCUT2D eigenvalue weighted by Gasteiger charge is 2.19. The fraction of sp³-hybridized carbons (Fsp3) is 0. The zero-order valence-electron chi connectivity index (χ0n) is 32.1. The van der Waals surface area contributed by atoms with Crippen molar-refractivity contribution in [3.63, 3.8) is 0 Å². The number of oxazole rings is 1. The van der Waals surface area contributed by atoms with E-state index in [1.807, 2.05) is 84.9 Å². The van der Waals surface area contributed by atoms with Gasteiger partial charge in [0.1, 0.15) is 11.1 Å². The molecule has 12 rings (SSSR count). The van der Waals surface area contributed by atoms with Gasteiger partial charge in [-0.15, -0.1) is 0 Å². The minimum Gasteiger partial charge on any atom is -0.452 e. The molecule has 0 atom stereocenters. The summed E-state index contributed by atoms with van der Waals surface area (Å²) in [5.74, 6) is 2.49. The van der Waals surface area contributed by atoms with E-state index in [1.54, 1.807) is 0 Å². The molecule has 6 heteroatoms. The summed E-state index contributed by atoms with van der Waals surface area (Å²) in [5, 5.41) is 6.59. The molecule has 9 aromatic carbocycles. The van der Waals surface area contributed by atoms with E-state index in [-0.39, 0.29) is 0 Å². The molecular weight excluding hydrogens is 737 g/mol. The lowest BCUT2D eigenvalue weighted by atomic mass is 9.91. The summed E-state index contributed by atoms with van der Waals surface area (Å²) in [7, 11) is 0. The standard InChI is InChI=1S/C54H32N4O2/c1-3-13-35(14-4-1)51-56-52(36-15-5-2-6-16-36)58-53(57-51)37-24-22-34(23-25-37)40-28-29-41(43-20-10-9-19-42(40)43)38-26-27-44-45-30-31-47-50(49(45)59-48(44)32-38)60-54(55-47)46-21-11-17-33-12-7-8-18-39(33)46/h1-32H. The Bertz CT molecular complexity index is 3530. The van der Waals surface area contributed by atoms with Gasteiger partial charge in [-0.1, -0.05) is 164 Å². The Hall–Kier alpha value is -8.22. The van der Waals surface area contributed by atoms with Gasteiger partial charge in [-0.2, -0.15) is 0 Å². The Labute approximate surface area is 344 Å². The van der Waals surface area contributed by atoms with Gasteiger partial charge < -0.3 is 8.83 Å². The molecule has 280 valence electrons. The van der Waals surface area contributed by atoms with Crippen LogP contribution in [0, 0.1) is 0 Å². The number of aromatic nitrogens is 4. The van der Waals surface area contributed by atoms with Gasteiger partial charge >= 0.3 is 0 Å². The molecular formula is C54H32N4O2. The summed E-state index contributed by atoms with van der Waals surface area (Å²) in [5.41, 5.74) is 11.1. The molecule has 3 aromatic heterocycles. The van der Waals surface area contributed by atoms with E-state index < -0.39 is 0 Å². The zero-order valence-corrected chi connectivity index (χ0v) is 32.1. The fourth-order valence-corrected chi connectivity index (χ4v) is 8.45. The summed E-state index contributed by atoms with van der Waals surface area (Å²) in [6, 6.07) is 66.7. The van der Waals surface area contributed by atoms with E-state index in [0.29, 0.717) is 34.5 Å². The molecule has 12 aromatic rings. The van der Waals surface area contributed by atoms with Gasteiger partial charge in [0.2, 0.25) is 5.89 Å². The Kier molecular flexibility index (Phi) is 7.74. The molecule has 0 aliphatic heterocycles. The first-order valence-corrected chi connectivity index (χ1v) is 20.0. The molecule has 0 aliphatic carbocycles. The van der Waals surface area contributed by atoms with E-state index >= 15 is 0 Å². The Morgan fingerprint density at radius 2 is 0.833 bits per heavy atom. The second kappa shape index (κ2) is 13.7. The molecule has 60 heavy (non-hydrogen) atoms.